The second-order valence-electron chi connectivity index (χ2n) is 6.20. The first-order chi connectivity index (χ1) is 13.6. The van der Waals surface area contributed by atoms with Crippen LogP contribution in [0.2, 0.25) is 0 Å². The number of aliphatic imine (C=N–C) groups is 1. The highest BCUT2D eigenvalue weighted by atomic mass is 79.9. The van der Waals surface area contributed by atoms with Gasteiger partial charge in [0.25, 0.3) is 0 Å². The van der Waals surface area contributed by atoms with E-state index in [1.165, 1.54) is 17.7 Å². The van der Waals surface area contributed by atoms with Crippen LogP contribution in [0.4, 0.5) is 10.1 Å². The van der Waals surface area contributed by atoms with Crippen LogP contribution in [0, 0.1) is 5.82 Å². The molecule has 4 heteroatoms. The largest absolute Gasteiger partial charge is 0.396 e. The fourth-order valence-electron chi connectivity index (χ4n) is 2.66. The first-order valence-corrected chi connectivity index (χ1v) is 10.8. The van der Waals surface area contributed by atoms with Crippen molar-refractivity contribution in [3.8, 4) is 0 Å². The smallest absolute Gasteiger partial charge is 0.123 e. The third-order valence-corrected chi connectivity index (χ3v) is 4.68. The lowest BCUT2D eigenvalue weighted by atomic mass is 10.0. The summed E-state index contributed by atoms with van der Waals surface area (Å²) in [5, 5.41) is 8.90. The van der Waals surface area contributed by atoms with Crippen molar-refractivity contribution in [2.24, 2.45) is 4.99 Å². The standard InChI is InChI=1S/C22H25BrFNO.C2H6/c1-2-17(6-4-3-5-13-26)14-19-15-20(23)9-12-22(19)25-16-18-7-10-21(24)11-8-18;1-2/h7-12,14-16,26H,2-6,13H2,1H3;1-2H3/b17-14+,25-16?;. The van der Waals surface area contributed by atoms with Crippen LogP contribution in [0.5, 0.6) is 0 Å². The Kier molecular flexibility index (Phi) is 12.3. The normalized spacial score (nSPS) is 11.4. The van der Waals surface area contributed by atoms with E-state index in [2.05, 4.69) is 40.0 Å². The minimum absolute atomic E-state index is 0.247. The Balaban J connectivity index is 0.00000190. The fraction of sp³-hybridized carbons (Fsp3) is 0.375. The van der Waals surface area contributed by atoms with Gasteiger partial charge in [-0.15, -0.1) is 0 Å². The summed E-state index contributed by atoms with van der Waals surface area (Å²) in [6.07, 6.45) is 8.98. The summed E-state index contributed by atoms with van der Waals surface area (Å²) in [5.41, 5.74) is 4.19. The highest BCUT2D eigenvalue weighted by molar-refractivity contribution is 9.10. The number of aliphatic hydroxyl groups is 1. The van der Waals surface area contributed by atoms with Crippen molar-refractivity contribution in [1.29, 1.82) is 0 Å². The molecule has 0 spiro atoms. The molecule has 2 aromatic carbocycles. The molecule has 0 fully saturated rings. The van der Waals surface area contributed by atoms with E-state index in [1.54, 1.807) is 18.3 Å². The lowest BCUT2D eigenvalue weighted by Gasteiger charge is -2.08. The predicted octanol–water partition coefficient (Wildman–Crippen LogP) is 7.71. The van der Waals surface area contributed by atoms with Crippen LogP contribution in [0.3, 0.4) is 0 Å². The number of rotatable bonds is 9. The van der Waals surface area contributed by atoms with Gasteiger partial charge in [0.05, 0.1) is 5.69 Å². The van der Waals surface area contributed by atoms with Gasteiger partial charge in [0.15, 0.2) is 0 Å². The van der Waals surface area contributed by atoms with Crippen molar-refractivity contribution >= 4 is 33.9 Å². The maximum Gasteiger partial charge on any atom is 0.123 e. The molecular weight excluding hydrogens is 417 g/mol. The summed E-state index contributed by atoms with van der Waals surface area (Å²) >= 11 is 3.53. The van der Waals surface area contributed by atoms with Gasteiger partial charge in [0, 0.05) is 22.9 Å². The average molecular weight is 448 g/mol. The van der Waals surface area contributed by atoms with Crippen molar-refractivity contribution in [1.82, 2.24) is 0 Å². The molecule has 0 saturated heterocycles. The average Bonchev–Trinajstić information content (AvgIpc) is 2.72. The van der Waals surface area contributed by atoms with Crippen molar-refractivity contribution in [3.63, 3.8) is 0 Å². The van der Waals surface area contributed by atoms with Gasteiger partial charge in [-0.05, 0) is 61.6 Å². The number of aliphatic hydroxyl groups excluding tert-OH is 1. The Morgan fingerprint density at radius 3 is 2.43 bits per heavy atom. The zero-order chi connectivity index (χ0) is 20.8. The molecule has 0 atom stereocenters. The zero-order valence-corrected chi connectivity index (χ0v) is 18.7. The molecule has 0 unspecified atom stereocenters. The molecule has 0 saturated carbocycles. The molecule has 0 aliphatic rings. The van der Waals surface area contributed by atoms with Gasteiger partial charge < -0.3 is 5.11 Å². The molecule has 152 valence electrons. The summed E-state index contributed by atoms with van der Waals surface area (Å²) in [6, 6.07) is 12.3. The lowest BCUT2D eigenvalue weighted by molar-refractivity contribution is 0.283. The van der Waals surface area contributed by atoms with E-state index in [-0.39, 0.29) is 12.4 Å². The number of halogens is 2. The maximum absolute atomic E-state index is 13.0. The summed E-state index contributed by atoms with van der Waals surface area (Å²) in [4.78, 5) is 4.60. The number of benzene rings is 2. The van der Waals surface area contributed by atoms with Crippen molar-refractivity contribution in [2.75, 3.05) is 6.61 Å². The van der Waals surface area contributed by atoms with E-state index in [4.69, 9.17) is 5.11 Å². The second-order valence-corrected chi connectivity index (χ2v) is 7.12. The highest BCUT2D eigenvalue weighted by Gasteiger charge is 2.03. The SMILES string of the molecule is CC.CC/C(=C\c1cc(Br)ccc1N=Cc1ccc(F)cc1)CCCCCO. The first-order valence-electron chi connectivity index (χ1n) is 10.0. The van der Waals surface area contributed by atoms with Crippen LogP contribution >= 0.6 is 15.9 Å². The topological polar surface area (TPSA) is 32.6 Å². The van der Waals surface area contributed by atoms with Crippen molar-refractivity contribution in [3.05, 3.63) is 69.5 Å². The number of hydrogen-bond acceptors (Lipinski definition) is 2. The van der Waals surface area contributed by atoms with Crippen LogP contribution in [0.25, 0.3) is 6.08 Å². The minimum atomic E-state index is -0.247. The monoisotopic (exact) mass is 447 g/mol. The Morgan fingerprint density at radius 1 is 1.07 bits per heavy atom. The van der Waals surface area contributed by atoms with Gasteiger partial charge in [-0.3, -0.25) is 4.99 Å². The summed E-state index contributed by atoms with van der Waals surface area (Å²) in [7, 11) is 0. The molecule has 1 N–H and O–H groups in total. The number of nitrogens with zero attached hydrogens (tertiary/aromatic N) is 1. The Hall–Kier alpha value is -1.78. The lowest BCUT2D eigenvalue weighted by Crippen LogP contribution is -1.88. The summed E-state index contributed by atoms with van der Waals surface area (Å²) in [5.74, 6) is -0.247. The van der Waals surface area contributed by atoms with Crippen molar-refractivity contribution < 1.29 is 9.50 Å². The molecule has 28 heavy (non-hydrogen) atoms. The number of unbranched alkanes of at least 4 members (excludes halogenated alkanes) is 2. The molecule has 0 aliphatic carbocycles. The highest BCUT2D eigenvalue weighted by Crippen LogP contribution is 2.28. The molecule has 2 nitrogen and oxygen atoms in total. The van der Waals surface area contributed by atoms with Crippen molar-refractivity contribution in [2.45, 2.75) is 52.9 Å². The minimum Gasteiger partial charge on any atom is -0.396 e. The van der Waals surface area contributed by atoms with E-state index in [1.807, 2.05) is 26.0 Å². The van der Waals surface area contributed by atoms with E-state index in [0.717, 1.165) is 53.4 Å². The molecule has 2 aromatic rings. The molecule has 0 amide bonds. The van der Waals surface area contributed by atoms with Gasteiger partial charge in [-0.2, -0.15) is 0 Å². The Morgan fingerprint density at radius 2 is 1.79 bits per heavy atom. The van der Waals surface area contributed by atoms with Gasteiger partial charge in [0.1, 0.15) is 5.82 Å². The summed E-state index contributed by atoms with van der Waals surface area (Å²) < 4.78 is 14.0. The number of allylic oxidation sites excluding steroid dienone is 1. The van der Waals surface area contributed by atoms with Crippen LogP contribution in [0.1, 0.15) is 64.0 Å². The van der Waals surface area contributed by atoms with Crippen LogP contribution in [-0.2, 0) is 0 Å². The van der Waals surface area contributed by atoms with E-state index < -0.39 is 0 Å². The van der Waals surface area contributed by atoms with Crippen LogP contribution in [0.15, 0.2) is 57.5 Å². The van der Waals surface area contributed by atoms with E-state index in [9.17, 15) is 4.39 Å². The van der Waals surface area contributed by atoms with Crippen LogP contribution in [-0.4, -0.2) is 17.9 Å². The van der Waals surface area contributed by atoms with Gasteiger partial charge in [-0.25, -0.2) is 4.39 Å². The molecule has 0 bridgehead atoms. The van der Waals surface area contributed by atoms with E-state index in [0.29, 0.717) is 0 Å². The first kappa shape index (κ1) is 24.3. The molecule has 2 rings (SSSR count). The molecule has 0 radical (unpaired) electrons. The van der Waals surface area contributed by atoms with Gasteiger partial charge >= 0.3 is 0 Å². The Labute approximate surface area is 177 Å². The molecule has 0 aromatic heterocycles. The van der Waals surface area contributed by atoms with Gasteiger partial charge in [-0.1, -0.05) is 66.9 Å². The molecule has 0 heterocycles. The quantitative estimate of drug-likeness (QED) is 0.309. The van der Waals surface area contributed by atoms with E-state index >= 15 is 0 Å². The maximum atomic E-state index is 13.0. The Bertz CT molecular complexity index is 754. The predicted molar refractivity (Wildman–Crippen MR) is 123 cm³/mol. The molecule has 0 aliphatic heterocycles. The van der Waals surface area contributed by atoms with Gasteiger partial charge in [0.2, 0.25) is 0 Å². The number of hydrogen-bond donors (Lipinski definition) is 1. The fourth-order valence-corrected chi connectivity index (χ4v) is 3.04. The summed E-state index contributed by atoms with van der Waals surface area (Å²) in [6.45, 7) is 6.43. The second kappa shape index (κ2) is 14.3. The third-order valence-electron chi connectivity index (χ3n) is 4.18. The third kappa shape index (κ3) is 8.94. The molecular formula is C24H31BrFNO. The van der Waals surface area contributed by atoms with Crippen LogP contribution < -0.4 is 0 Å². The zero-order valence-electron chi connectivity index (χ0n) is 17.1.